The Morgan fingerprint density at radius 2 is 1.34 bits per heavy atom. The van der Waals surface area contributed by atoms with E-state index in [1.54, 1.807) is 0 Å². The summed E-state index contributed by atoms with van der Waals surface area (Å²) < 4.78 is 22.2. The summed E-state index contributed by atoms with van der Waals surface area (Å²) in [6.07, 6.45) is -12.0. The zero-order chi connectivity index (χ0) is 30.2. The first-order valence-electron chi connectivity index (χ1n) is 12.1. The third kappa shape index (κ3) is 5.66. The lowest BCUT2D eigenvalue weighted by molar-refractivity contribution is -0.157. The molecule has 4 rings (SSSR count). The Kier molecular flexibility index (Phi) is 9.01. The molecule has 2 aromatic rings. The van der Waals surface area contributed by atoms with Gasteiger partial charge < -0.3 is 49.6 Å². The van der Waals surface area contributed by atoms with E-state index in [0.29, 0.717) is 4.57 Å². The van der Waals surface area contributed by atoms with Gasteiger partial charge in [-0.3, -0.25) is 28.7 Å². The van der Waals surface area contributed by atoms with Crippen LogP contribution in [0.5, 0.6) is 0 Å². The molecule has 41 heavy (non-hydrogen) atoms. The molecule has 0 spiro atoms. The molecule has 226 valence electrons. The number of nitrogens with one attached hydrogen (secondary N) is 2. The van der Waals surface area contributed by atoms with E-state index >= 15 is 0 Å². The molecule has 19 heteroatoms. The zero-order valence-corrected chi connectivity index (χ0v) is 21.2. The van der Waals surface area contributed by atoms with E-state index < -0.39 is 109 Å². The standard InChI is InChI=1S/C22H28N4O15/c1-38-15(8-3-26(22(37)24-17(8)34)19-14(32)12(30)10(5-28)41-19)20(35)39-6-7-2-25(21(36)23-16(7)33)18-13(31)11(29)9(4-27)40-18/h2-3,9-15,18-19,27-32H,4-6H2,1H3,(H,23,33,36)(H,24,34,37)/t9-,10-,11-,12-,13-,14-,15?,18-,19-/m1/s1. The van der Waals surface area contributed by atoms with Gasteiger partial charge >= 0.3 is 17.3 Å². The van der Waals surface area contributed by atoms with Crippen molar-refractivity contribution in [1.82, 2.24) is 19.1 Å². The van der Waals surface area contributed by atoms with Crippen molar-refractivity contribution in [2.45, 2.75) is 61.8 Å². The van der Waals surface area contributed by atoms with E-state index in [1.807, 2.05) is 9.97 Å². The number of hydrogen-bond donors (Lipinski definition) is 8. The largest absolute Gasteiger partial charge is 0.458 e. The molecule has 0 aromatic carbocycles. The van der Waals surface area contributed by atoms with Crippen LogP contribution in [0.15, 0.2) is 31.6 Å². The van der Waals surface area contributed by atoms with Crippen molar-refractivity contribution in [3.8, 4) is 0 Å². The molecule has 2 aromatic heterocycles. The maximum Gasteiger partial charge on any atom is 0.340 e. The molecule has 1 unspecified atom stereocenters. The number of rotatable bonds is 9. The van der Waals surface area contributed by atoms with E-state index in [9.17, 15) is 54.6 Å². The number of aliphatic hydroxyl groups is 6. The molecular weight excluding hydrogens is 560 g/mol. The zero-order valence-electron chi connectivity index (χ0n) is 21.2. The van der Waals surface area contributed by atoms with Gasteiger partial charge in [0.25, 0.3) is 11.1 Å². The van der Waals surface area contributed by atoms with Gasteiger partial charge in [-0.2, -0.15) is 0 Å². The van der Waals surface area contributed by atoms with Crippen LogP contribution >= 0.6 is 0 Å². The van der Waals surface area contributed by atoms with Crippen molar-refractivity contribution >= 4 is 5.97 Å². The van der Waals surface area contributed by atoms with Crippen molar-refractivity contribution in [2.75, 3.05) is 20.3 Å². The van der Waals surface area contributed by atoms with Crippen molar-refractivity contribution in [2.24, 2.45) is 0 Å². The average molecular weight is 588 g/mol. The quantitative estimate of drug-likeness (QED) is 0.127. The predicted molar refractivity (Wildman–Crippen MR) is 128 cm³/mol. The number of carbonyl (C=O) groups excluding carboxylic acids is 1. The molecule has 0 amide bonds. The SMILES string of the molecule is COC(C(=O)OCc1cn([C@@H]2O[C@H](CO)[C@@H](O)[C@H]2O)c(=O)[nH]c1=O)c1cn([C@@H]2O[C@H](CO)[C@@H](O)[C@H]2O)c(=O)[nH]c1=O. The number of aliphatic hydroxyl groups excluding tert-OH is 6. The summed E-state index contributed by atoms with van der Waals surface area (Å²) in [4.78, 5) is 66.3. The molecule has 0 aliphatic carbocycles. The minimum atomic E-state index is -1.78. The molecule has 4 heterocycles. The number of nitrogens with zero attached hydrogens (tertiary/aromatic N) is 2. The summed E-state index contributed by atoms with van der Waals surface area (Å²) in [5.41, 5.74) is -4.96. The molecular formula is C22H28N4O15. The van der Waals surface area contributed by atoms with Crippen LogP contribution in [0.2, 0.25) is 0 Å². The second-order valence-electron chi connectivity index (χ2n) is 9.25. The van der Waals surface area contributed by atoms with Crippen LogP contribution in [0.25, 0.3) is 0 Å². The van der Waals surface area contributed by atoms with Crippen LogP contribution in [-0.4, -0.2) is 113 Å². The smallest absolute Gasteiger partial charge is 0.340 e. The Morgan fingerprint density at radius 1 is 0.854 bits per heavy atom. The van der Waals surface area contributed by atoms with E-state index in [0.717, 1.165) is 24.1 Å². The Morgan fingerprint density at radius 3 is 1.80 bits per heavy atom. The maximum absolute atomic E-state index is 12.9. The first kappa shape index (κ1) is 30.4. The third-order valence-electron chi connectivity index (χ3n) is 6.72. The number of carbonyl (C=O) groups is 1. The number of methoxy groups -OCH3 is 1. The average Bonchev–Trinajstić information content (AvgIpc) is 3.39. The first-order chi connectivity index (χ1) is 19.4. The van der Waals surface area contributed by atoms with Crippen LogP contribution in [0.4, 0.5) is 0 Å². The Hall–Kier alpha value is -3.53. The highest BCUT2D eigenvalue weighted by Gasteiger charge is 2.45. The fourth-order valence-corrected chi connectivity index (χ4v) is 4.49. The van der Waals surface area contributed by atoms with E-state index in [1.165, 1.54) is 0 Å². The number of aromatic amines is 2. The number of ether oxygens (including phenoxy) is 4. The van der Waals surface area contributed by atoms with Gasteiger partial charge in [0.2, 0.25) is 0 Å². The molecule has 0 saturated carbocycles. The normalized spacial score (nSPS) is 30.4. The summed E-state index contributed by atoms with van der Waals surface area (Å²) in [7, 11) is 1.03. The van der Waals surface area contributed by atoms with Gasteiger partial charge in [0.1, 0.15) is 43.2 Å². The van der Waals surface area contributed by atoms with Gasteiger partial charge in [-0.15, -0.1) is 0 Å². The lowest BCUT2D eigenvalue weighted by Gasteiger charge is -2.20. The van der Waals surface area contributed by atoms with Gasteiger partial charge in [0.05, 0.1) is 24.3 Å². The molecule has 9 atom stereocenters. The highest BCUT2D eigenvalue weighted by Crippen LogP contribution is 2.29. The van der Waals surface area contributed by atoms with E-state index in [2.05, 4.69) is 0 Å². The van der Waals surface area contributed by atoms with Gasteiger partial charge in [-0.05, 0) is 0 Å². The summed E-state index contributed by atoms with van der Waals surface area (Å²) in [6.45, 7) is -2.14. The molecule has 2 fully saturated rings. The molecule has 2 aliphatic heterocycles. The molecule has 0 radical (unpaired) electrons. The fraction of sp³-hybridized carbons (Fsp3) is 0.591. The van der Waals surface area contributed by atoms with Gasteiger partial charge in [0.15, 0.2) is 18.6 Å². The van der Waals surface area contributed by atoms with Crippen molar-refractivity contribution in [3.05, 3.63) is 65.2 Å². The topological polar surface area (TPSA) is 285 Å². The van der Waals surface area contributed by atoms with Crippen molar-refractivity contribution < 1.29 is 54.4 Å². The Labute approximate surface area is 227 Å². The fourth-order valence-electron chi connectivity index (χ4n) is 4.49. The minimum absolute atomic E-state index is 0.323. The number of hydrogen-bond acceptors (Lipinski definition) is 15. The summed E-state index contributed by atoms with van der Waals surface area (Å²) >= 11 is 0. The molecule has 19 nitrogen and oxygen atoms in total. The first-order valence-corrected chi connectivity index (χ1v) is 12.1. The Balaban J connectivity index is 1.57. The van der Waals surface area contributed by atoms with E-state index in [-0.39, 0.29) is 5.56 Å². The van der Waals surface area contributed by atoms with Crippen LogP contribution < -0.4 is 22.5 Å². The van der Waals surface area contributed by atoms with E-state index in [4.69, 9.17) is 18.9 Å². The molecule has 8 N–H and O–H groups in total. The highest BCUT2D eigenvalue weighted by molar-refractivity contribution is 5.76. The second-order valence-corrected chi connectivity index (χ2v) is 9.25. The second kappa shape index (κ2) is 12.1. The lowest BCUT2D eigenvalue weighted by atomic mass is 10.1. The number of aromatic nitrogens is 4. The van der Waals surface area contributed by atoms with Gasteiger partial charge in [-0.25, -0.2) is 14.4 Å². The highest BCUT2D eigenvalue weighted by atomic mass is 16.6. The van der Waals surface area contributed by atoms with Crippen LogP contribution in [-0.2, 0) is 30.3 Å². The number of H-pyrrole nitrogens is 2. The van der Waals surface area contributed by atoms with Gasteiger partial charge in [-0.1, -0.05) is 0 Å². The van der Waals surface area contributed by atoms with Gasteiger partial charge in [0, 0.05) is 19.5 Å². The maximum atomic E-state index is 12.9. The summed E-state index contributed by atoms with van der Waals surface area (Å²) in [5, 5.41) is 59.0. The lowest BCUT2D eigenvalue weighted by Crippen LogP contribution is -2.40. The van der Waals surface area contributed by atoms with Crippen LogP contribution in [0, 0.1) is 0 Å². The third-order valence-corrected chi connectivity index (χ3v) is 6.72. The predicted octanol–water partition coefficient (Wildman–Crippen LogP) is -5.96. The minimum Gasteiger partial charge on any atom is -0.458 e. The molecule has 2 aliphatic rings. The van der Waals surface area contributed by atoms with Crippen molar-refractivity contribution in [1.29, 1.82) is 0 Å². The summed E-state index contributed by atoms with van der Waals surface area (Å²) in [5.74, 6) is -1.23. The number of esters is 1. The van der Waals surface area contributed by atoms with Crippen LogP contribution in [0.1, 0.15) is 29.7 Å². The van der Waals surface area contributed by atoms with Crippen LogP contribution in [0.3, 0.4) is 0 Å². The molecule has 2 saturated heterocycles. The van der Waals surface area contributed by atoms with Crippen molar-refractivity contribution in [3.63, 3.8) is 0 Å². The molecule has 0 bridgehead atoms. The summed E-state index contributed by atoms with van der Waals surface area (Å²) in [6, 6.07) is 0. The Bertz CT molecular complexity index is 1500. The monoisotopic (exact) mass is 588 g/mol.